The third kappa shape index (κ3) is 8.87. The van der Waals surface area contributed by atoms with Gasteiger partial charge < -0.3 is 18.9 Å². The second kappa shape index (κ2) is 14.4. The van der Waals surface area contributed by atoms with E-state index in [0.29, 0.717) is 11.1 Å². The molecule has 8 heteroatoms. The van der Waals surface area contributed by atoms with E-state index < -0.39 is 23.9 Å². The molecule has 0 aliphatic carbocycles. The maximum absolute atomic E-state index is 12.3. The normalized spacial score (nSPS) is 10.5. The van der Waals surface area contributed by atoms with E-state index in [1.54, 1.807) is 36.4 Å². The molecule has 0 unspecified atom stereocenters. The highest BCUT2D eigenvalue weighted by Gasteiger charge is 2.16. The van der Waals surface area contributed by atoms with Gasteiger partial charge in [0, 0.05) is 45.6 Å². The molecule has 0 aliphatic heterocycles. The molecule has 3 aromatic carbocycles. The standard InChI is InChI=1S/C36H32O8/c1-21(2)33(37)41-28-16-15-27(31(19-28)43-35(39)23(5)6)14-11-25-9-12-26(13-10-25)30-18-17-29(42-34(38)22(3)4)20-32(30)44-36(40)24(7)8/h9-20H,1,3,5,7H2,2,4,6,8H3. The minimum Gasteiger partial charge on any atom is -0.423 e. The molecule has 0 aliphatic rings. The van der Waals surface area contributed by atoms with Crippen molar-refractivity contribution in [2.75, 3.05) is 0 Å². The van der Waals surface area contributed by atoms with Gasteiger partial charge in [-0.1, -0.05) is 62.7 Å². The van der Waals surface area contributed by atoms with Gasteiger partial charge in [-0.2, -0.15) is 0 Å². The van der Waals surface area contributed by atoms with Crippen molar-refractivity contribution in [2.45, 2.75) is 27.7 Å². The summed E-state index contributed by atoms with van der Waals surface area (Å²) in [5.74, 6) is -1.73. The van der Waals surface area contributed by atoms with E-state index in [1.807, 2.05) is 24.3 Å². The number of ether oxygens (including phenoxy) is 4. The quantitative estimate of drug-likeness (QED) is 0.0979. The summed E-state index contributed by atoms with van der Waals surface area (Å²) >= 11 is 0. The van der Waals surface area contributed by atoms with Crippen molar-refractivity contribution in [1.82, 2.24) is 0 Å². The van der Waals surface area contributed by atoms with Crippen LogP contribution in [0.25, 0.3) is 23.3 Å². The SMILES string of the molecule is C=C(C)C(=O)Oc1ccc(C=Cc2ccc(-c3ccc(OC(=O)C(=C)C)cc3OC(=O)C(=C)C)cc2)c(OC(=O)C(=C)C)c1. The Balaban J connectivity index is 1.92. The molecule has 8 nitrogen and oxygen atoms in total. The van der Waals surface area contributed by atoms with Gasteiger partial charge in [0.2, 0.25) is 0 Å². The zero-order valence-electron chi connectivity index (χ0n) is 25.0. The van der Waals surface area contributed by atoms with Gasteiger partial charge >= 0.3 is 23.9 Å². The maximum atomic E-state index is 12.3. The van der Waals surface area contributed by atoms with Crippen LogP contribution in [0.4, 0.5) is 0 Å². The van der Waals surface area contributed by atoms with Crippen molar-refractivity contribution in [3.05, 3.63) is 120 Å². The first-order valence-corrected chi connectivity index (χ1v) is 13.3. The van der Waals surface area contributed by atoms with Gasteiger partial charge in [-0.15, -0.1) is 0 Å². The van der Waals surface area contributed by atoms with Gasteiger partial charge in [0.15, 0.2) is 0 Å². The predicted octanol–water partition coefficient (Wildman–Crippen LogP) is 7.45. The molecule has 3 rings (SSSR count). The fourth-order valence-electron chi connectivity index (χ4n) is 3.42. The lowest BCUT2D eigenvalue weighted by Gasteiger charge is -2.13. The number of esters is 4. The van der Waals surface area contributed by atoms with Crippen LogP contribution >= 0.6 is 0 Å². The summed E-state index contributed by atoms with van der Waals surface area (Å²) in [5, 5.41) is 0. The van der Waals surface area contributed by atoms with Crippen LogP contribution in [0.3, 0.4) is 0 Å². The van der Waals surface area contributed by atoms with Crippen LogP contribution in [0, 0.1) is 0 Å². The molecule has 0 saturated carbocycles. The van der Waals surface area contributed by atoms with E-state index >= 15 is 0 Å². The molecule has 0 amide bonds. The Morgan fingerprint density at radius 2 is 0.955 bits per heavy atom. The first kappa shape index (κ1) is 32.8. The Morgan fingerprint density at radius 3 is 1.45 bits per heavy atom. The van der Waals surface area contributed by atoms with Crippen LogP contribution < -0.4 is 18.9 Å². The zero-order valence-corrected chi connectivity index (χ0v) is 25.0. The van der Waals surface area contributed by atoms with Gasteiger partial charge in [0.05, 0.1) is 0 Å². The molecule has 0 heterocycles. The summed E-state index contributed by atoms with van der Waals surface area (Å²) in [4.78, 5) is 48.5. The van der Waals surface area contributed by atoms with Crippen molar-refractivity contribution in [3.8, 4) is 34.1 Å². The first-order valence-electron chi connectivity index (χ1n) is 13.3. The van der Waals surface area contributed by atoms with Gasteiger partial charge in [-0.05, 0) is 63.1 Å². The molecule has 44 heavy (non-hydrogen) atoms. The molecular weight excluding hydrogens is 560 g/mol. The summed E-state index contributed by atoms with van der Waals surface area (Å²) in [6.45, 7) is 20.5. The summed E-state index contributed by atoms with van der Waals surface area (Å²) in [5.41, 5.74) is 3.51. The van der Waals surface area contributed by atoms with Gasteiger partial charge in [0.1, 0.15) is 23.0 Å². The van der Waals surface area contributed by atoms with E-state index in [1.165, 1.54) is 39.8 Å². The monoisotopic (exact) mass is 592 g/mol. The van der Waals surface area contributed by atoms with E-state index in [9.17, 15) is 19.2 Å². The molecule has 0 bridgehead atoms. The van der Waals surface area contributed by atoms with Crippen molar-refractivity contribution in [1.29, 1.82) is 0 Å². The van der Waals surface area contributed by atoms with Gasteiger partial charge in [-0.3, -0.25) is 0 Å². The van der Waals surface area contributed by atoms with Gasteiger partial charge in [-0.25, -0.2) is 19.2 Å². The van der Waals surface area contributed by atoms with Crippen LogP contribution in [0.5, 0.6) is 23.0 Å². The highest BCUT2D eigenvalue weighted by atomic mass is 16.6. The van der Waals surface area contributed by atoms with E-state index in [4.69, 9.17) is 18.9 Å². The van der Waals surface area contributed by atoms with Crippen molar-refractivity contribution >= 4 is 36.0 Å². The van der Waals surface area contributed by atoms with Crippen molar-refractivity contribution in [3.63, 3.8) is 0 Å². The average molecular weight is 593 g/mol. The lowest BCUT2D eigenvalue weighted by atomic mass is 10.0. The third-order valence-corrected chi connectivity index (χ3v) is 5.84. The molecule has 0 radical (unpaired) electrons. The van der Waals surface area contributed by atoms with Crippen LogP contribution in [0.2, 0.25) is 0 Å². The fraction of sp³-hybridized carbons (Fsp3) is 0.111. The minimum atomic E-state index is -0.629. The Kier molecular flexibility index (Phi) is 10.7. The number of carbonyl (C=O) groups excluding carboxylic acids is 4. The minimum absolute atomic E-state index is 0.175. The first-order chi connectivity index (χ1) is 20.7. The highest BCUT2D eigenvalue weighted by Crippen LogP contribution is 2.35. The highest BCUT2D eigenvalue weighted by molar-refractivity contribution is 5.92. The summed E-state index contributed by atoms with van der Waals surface area (Å²) in [6, 6.07) is 16.7. The predicted molar refractivity (Wildman–Crippen MR) is 169 cm³/mol. The number of carbonyl (C=O) groups is 4. The van der Waals surface area contributed by atoms with Crippen molar-refractivity contribution in [2.24, 2.45) is 0 Å². The number of hydrogen-bond donors (Lipinski definition) is 0. The van der Waals surface area contributed by atoms with Crippen LogP contribution in [-0.4, -0.2) is 23.9 Å². The zero-order chi connectivity index (χ0) is 32.6. The van der Waals surface area contributed by atoms with Crippen LogP contribution in [0.15, 0.2) is 109 Å². The second-order valence-electron chi connectivity index (χ2n) is 9.99. The maximum Gasteiger partial charge on any atom is 0.338 e. The summed E-state index contributed by atoms with van der Waals surface area (Å²) in [7, 11) is 0. The lowest BCUT2D eigenvalue weighted by molar-refractivity contribution is -0.131. The Labute approximate surface area is 256 Å². The lowest BCUT2D eigenvalue weighted by Crippen LogP contribution is -2.11. The summed E-state index contributed by atoms with van der Waals surface area (Å²) in [6.07, 6.45) is 3.55. The van der Waals surface area contributed by atoms with Gasteiger partial charge in [0.25, 0.3) is 0 Å². The van der Waals surface area contributed by atoms with Crippen LogP contribution in [0.1, 0.15) is 38.8 Å². The van der Waals surface area contributed by atoms with Crippen molar-refractivity contribution < 1.29 is 38.1 Å². The molecule has 3 aromatic rings. The third-order valence-electron chi connectivity index (χ3n) is 5.84. The molecular formula is C36H32O8. The summed E-state index contributed by atoms with van der Waals surface area (Å²) < 4.78 is 21.6. The Hall–Kier alpha value is -5.76. The number of hydrogen-bond acceptors (Lipinski definition) is 8. The Bertz CT molecular complexity index is 1720. The smallest absolute Gasteiger partial charge is 0.338 e. The molecule has 0 fully saturated rings. The van der Waals surface area contributed by atoms with E-state index in [-0.39, 0.29) is 45.3 Å². The van der Waals surface area contributed by atoms with E-state index in [2.05, 4.69) is 26.3 Å². The molecule has 0 aromatic heterocycles. The molecule has 0 N–H and O–H groups in total. The average Bonchev–Trinajstić information content (AvgIpc) is 2.97. The fourth-order valence-corrected chi connectivity index (χ4v) is 3.42. The Morgan fingerprint density at radius 1 is 0.523 bits per heavy atom. The second-order valence-corrected chi connectivity index (χ2v) is 9.99. The topological polar surface area (TPSA) is 105 Å². The van der Waals surface area contributed by atoms with Crippen LogP contribution in [-0.2, 0) is 19.2 Å². The molecule has 0 saturated heterocycles. The molecule has 224 valence electrons. The number of rotatable bonds is 11. The molecule has 0 atom stereocenters. The van der Waals surface area contributed by atoms with E-state index in [0.717, 1.165) is 11.1 Å². The largest absolute Gasteiger partial charge is 0.423 e. The molecule has 0 spiro atoms. The number of benzene rings is 3.